The molecular weight excluding hydrogens is 216 g/mol. The van der Waals surface area contributed by atoms with Crippen molar-refractivity contribution in [1.29, 1.82) is 0 Å². The molecule has 0 bridgehead atoms. The van der Waals surface area contributed by atoms with Crippen molar-refractivity contribution in [2.75, 3.05) is 5.73 Å². The Bertz CT molecular complexity index is 494. The van der Waals surface area contributed by atoms with E-state index in [9.17, 15) is 0 Å². The van der Waals surface area contributed by atoms with Crippen LogP contribution in [0.1, 0.15) is 27.3 Å². The van der Waals surface area contributed by atoms with Crippen molar-refractivity contribution in [3.8, 4) is 0 Å². The summed E-state index contributed by atoms with van der Waals surface area (Å²) in [5.41, 5.74) is 10.7. The van der Waals surface area contributed by atoms with E-state index in [0.29, 0.717) is 5.13 Å². The topological polar surface area (TPSA) is 38.9 Å². The molecule has 0 saturated carbocycles. The van der Waals surface area contributed by atoms with E-state index in [0.717, 1.165) is 12.1 Å². The summed E-state index contributed by atoms with van der Waals surface area (Å²) in [5, 5.41) is 0.664. The first-order chi connectivity index (χ1) is 7.54. The van der Waals surface area contributed by atoms with Crippen LogP contribution in [-0.2, 0) is 6.42 Å². The maximum Gasteiger partial charge on any atom is 0.180 e. The van der Waals surface area contributed by atoms with E-state index in [1.807, 2.05) is 6.92 Å². The monoisotopic (exact) mass is 232 g/mol. The van der Waals surface area contributed by atoms with Crippen molar-refractivity contribution in [2.45, 2.75) is 27.2 Å². The predicted octanol–water partition coefficient (Wildman–Crippen LogP) is 3.24. The zero-order valence-corrected chi connectivity index (χ0v) is 10.7. The van der Waals surface area contributed by atoms with Gasteiger partial charge >= 0.3 is 0 Å². The lowest BCUT2D eigenvalue weighted by atomic mass is 10.0. The highest BCUT2D eigenvalue weighted by atomic mass is 32.1. The highest BCUT2D eigenvalue weighted by molar-refractivity contribution is 7.15. The van der Waals surface area contributed by atoms with Gasteiger partial charge in [-0.1, -0.05) is 29.3 Å². The van der Waals surface area contributed by atoms with Gasteiger partial charge in [-0.2, -0.15) is 0 Å². The SMILES string of the molecule is Cc1cc(C)cc(Cc2sc(N)nc2C)c1. The fraction of sp³-hybridized carbons (Fsp3) is 0.308. The molecule has 0 unspecified atom stereocenters. The average molecular weight is 232 g/mol. The van der Waals surface area contributed by atoms with E-state index in [4.69, 9.17) is 5.73 Å². The number of aromatic nitrogens is 1. The van der Waals surface area contributed by atoms with Crippen molar-refractivity contribution in [3.63, 3.8) is 0 Å². The van der Waals surface area contributed by atoms with Crippen LogP contribution in [0.5, 0.6) is 0 Å². The van der Waals surface area contributed by atoms with Gasteiger partial charge in [-0.3, -0.25) is 0 Å². The number of hydrogen-bond donors (Lipinski definition) is 1. The molecule has 2 nitrogen and oxygen atoms in total. The van der Waals surface area contributed by atoms with E-state index >= 15 is 0 Å². The van der Waals surface area contributed by atoms with Gasteiger partial charge in [0.15, 0.2) is 5.13 Å². The van der Waals surface area contributed by atoms with Gasteiger partial charge in [0.1, 0.15) is 0 Å². The third-order valence-corrected chi connectivity index (χ3v) is 3.54. The molecule has 2 N–H and O–H groups in total. The number of nitrogens with zero attached hydrogens (tertiary/aromatic N) is 1. The van der Waals surface area contributed by atoms with Crippen LogP contribution in [0.15, 0.2) is 18.2 Å². The molecular formula is C13H16N2S. The van der Waals surface area contributed by atoms with Crippen molar-refractivity contribution in [1.82, 2.24) is 4.98 Å². The Kier molecular flexibility index (Phi) is 2.97. The highest BCUT2D eigenvalue weighted by Gasteiger charge is 2.06. The number of anilines is 1. The first-order valence-corrected chi connectivity index (χ1v) is 6.15. The second-order valence-electron chi connectivity index (χ2n) is 4.23. The molecule has 0 atom stereocenters. The Balaban J connectivity index is 2.30. The van der Waals surface area contributed by atoms with E-state index in [1.165, 1.54) is 21.6 Å². The van der Waals surface area contributed by atoms with Crippen molar-refractivity contribution >= 4 is 16.5 Å². The van der Waals surface area contributed by atoms with Gasteiger partial charge in [0, 0.05) is 11.3 Å². The lowest BCUT2D eigenvalue weighted by Crippen LogP contribution is -1.90. The third-order valence-electron chi connectivity index (χ3n) is 2.56. The quantitative estimate of drug-likeness (QED) is 0.863. The van der Waals surface area contributed by atoms with Gasteiger partial charge in [-0.25, -0.2) is 4.98 Å². The summed E-state index contributed by atoms with van der Waals surface area (Å²) in [6.45, 7) is 6.28. The fourth-order valence-electron chi connectivity index (χ4n) is 1.97. The summed E-state index contributed by atoms with van der Waals surface area (Å²) >= 11 is 1.59. The normalized spacial score (nSPS) is 10.7. The van der Waals surface area contributed by atoms with Gasteiger partial charge in [0.05, 0.1) is 5.69 Å². The number of rotatable bonds is 2. The minimum absolute atomic E-state index is 0.664. The molecule has 2 aromatic rings. The molecule has 1 aromatic heterocycles. The van der Waals surface area contributed by atoms with Gasteiger partial charge in [0.25, 0.3) is 0 Å². The molecule has 3 heteroatoms. The summed E-state index contributed by atoms with van der Waals surface area (Å²) in [7, 11) is 0. The zero-order valence-electron chi connectivity index (χ0n) is 9.87. The molecule has 84 valence electrons. The smallest absolute Gasteiger partial charge is 0.180 e. The number of hydrogen-bond acceptors (Lipinski definition) is 3. The summed E-state index contributed by atoms with van der Waals surface area (Å²) in [6.07, 6.45) is 0.934. The van der Waals surface area contributed by atoms with Gasteiger partial charge < -0.3 is 5.73 Å². The number of nitrogens with two attached hydrogens (primary N) is 1. The minimum atomic E-state index is 0.664. The van der Waals surface area contributed by atoms with Crippen LogP contribution in [0.25, 0.3) is 0 Å². The van der Waals surface area contributed by atoms with Crippen molar-refractivity contribution in [2.24, 2.45) is 0 Å². The number of thiazole rings is 1. The van der Waals surface area contributed by atoms with Gasteiger partial charge in [-0.05, 0) is 26.3 Å². The van der Waals surface area contributed by atoms with Crippen LogP contribution in [0.3, 0.4) is 0 Å². The third kappa shape index (κ3) is 2.42. The second-order valence-corrected chi connectivity index (χ2v) is 5.35. The maximum absolute atomic E-state index is 5.70. The molecule has 0 aliphatic carbocycles. The Morgan fingerprint density at radius 1 is 1.12 bits per heavy atom. The Hall–Kier alpha value is -1.35. The lowest BCUT2D eigenvalue weighted by molar-refractivity contribution is 1.14. The van der Waals surface area contributed by atoms with Crippen LogP contribution < -0.4 is 5.73 Å². The number of aryl methyl sites for hydroxylation is 3. The van der Waals surface area contributed by atoms with Gasteiger partial charge in [0.2, 0.25) is 0 Å². The lowest BCUT2D eigenvalue weighted by Gasteiger charge is -2.03. The molecule has 2 rings (SSSR count). The maximum atomic E-state index is 5.70. The Morgan fingerprint density at radius 2 is 1.75 bits per heavy atom. The standard InChI is InChI=1S/C13H16N2S/c1-8-4-9(2)6-11(5-8)7-12-10(3)15-13(14)16-12/h4-6H,7H2,1-3H3,(H2,14,15). The summed E-state index contributed by atoms with van der Waals surface area (Å²) in [4.78, 5) is 5.51. The van der Waals surface area contributed by atoms with Crippen LogP contribution in [-0.4, -0.2) is 4.98 Å². The van der Waals surface area contributed by atoms with Crippen LogP contribution in [0.4, 0.5) is 5.13 Å². The fourth-order valence-corrected chi connectivity index (χ4v) is 2.84. The average Bonchev–Trinajstić information content (AvgIpc) is 2.43. The van der Waals surface area contributed by atoms with E-state index < -0.39 is 0 Å². The largest absolute Gasteiger partial charge is 0.375 e. The summed E-state index contributed by atoms with van der Waals surface area (Å²) in [6, 6.07) is 6.64. The molecule has 0 amide bonds. The van der Waals surface area contributed by atoms with Crippen LogP contribution in [0.2, 0.25) is 0 Å². The molecule has 0 aliphatic rings. The molecule has 0 saturated heterocycles. The number of nitrogen functional groups attached to an aromatic ring is 1. The summed E-state index contributed by atoms with van der Waals surface area (Å²) in [5.74, 6) is 0. The molecule has 0 spiro atoms. The van der Waals surface area contributed by atoms with Gasteiger partial charge in [-0.15, -0.1) is 11.3 Å². The summed E-state index contributed by atoms with van der Waals surface area (Å²) < 4.78 is 0. The molecule has 16 heavy (non-hydrogen) atoms. The Morgan fingerprint density at radius 3 is 2.25 bits per heavy atom. The first kappa shape index (κ1) is 11.1. The number of benzene rings is 1. The molecule has 1 aromatic carbocycles. The van der Waals surface area contributed by atoms with Crippen molar-refractivity contribution < 1.29 is 0 Å². The van der Waals surface area contributed by atoms with Crippen molar-refractivity contribution in [3.05, 3.63) is 45.5 Å². The highest BCUT2D eigenvalue weighted by Crippen LogP contribution is 2.23. The molecule has 0 fully saturated rings. The molecule has 0 radical (unpaired) electrons. The Labute approximate surface area is 100 Å². The van der Waals surface area contributed by atoms with E-state index in [-0.39, 0.29) is 0 Å². The minimum Gasteiger partial charge on any atom is -0.375 e. The molecule has 0 aliphatic heterocycles. The predicted molar refractivity (Wildman–Crippen MR) is 70.0 cm³/mol. The van der Waals surface area contributed by atoms with E-state index in [1.54, 1.807) is 11.3 Å². The zero-order chi connectivity index (χ0) is 11.7. The first-order valence-electron chi connectivity index (χ1n) is 5.33. The van der Waals surface area contributed by atoms with Crippen LogP contribution in [0, 0.1) is 20.8 Å². The molecule has 1 heterocycles. The van der Waals surface area contributed by atoms with E-state index in [2.05, 4.69) is 37.0 Å². The second kappa shape index (κ2) is 4.26. The van der Waals surface area contributed by atoms with Crippen LogP contribution >= 0.6 is 11.3 Å².